The summed E-state index contributed by atoms with van der Waals surface area (Å²) in [7, 11) is 0. The highest BCUT2D eigenvalue weighted by Crippen LogP contribution is 2.19. The number of H-pyrrole nitrogens is 1. The van der Waals surface area contributed by atoms with Crippen molar-refractivity contribution < 1.29 is 14.3 Å². The van der Waals surface area contributed by atoms with Crippen LogP contribution in [0.25, 0.3) is 0 Å². The van der Waals surface area contributed by atoms with E-state index in [1.54, 1.807) is 18.3 Å². The van der Waals surface area contributed by atoms with E-state index < -0.39 is 11.9 Å². The molecule has 0 atom stereocenters. The smallest absolute Gasteiger partial charge is 0.283 e. The molecule has 9 N–H and O–H groups in total. The van der Waals surface area contributed by atoms with Crippen LogP contribution in [0.3, 0.4) is 0 Å². The molecule has 0 radical (unpaired) electrons. The lowest BCUT2D eigenvalue weighted by Crippen LogP contribution is -2.42. The molecular weight excluding hydrogens is 547 g/mol. The second-order valence-electron chi connectivity index (χ2n) is 7.35. The Morgan fingerprint density at radius 1 is 1.11 bits per heavy atom. The number of guanidine groups is 1. The van der Waals surface area contributed by atoms with Crippen LogP contribution in [-0.4, -0.2) is 55.8 Å². The first-order valence-electron chi connectivity index (χ1n) is 10.5. The predicted molar refractivity (Wildman–Crippen MR) is 145 cm³/mol. The minimum atomic E-state index is -0.679. The van der Waals surface area contributed by atoms with Crippen molar-refractivity contribution >= 4 is 71.8 Å². The van der Waals surface area contributed by atoms with Gasteiger partial charge >= 0.3 is 0 Å². The molecule has 0 saturated heterocycles. The van der Waals surface area contributed by atoms with E-state index in [0.29, 0.717) is 24.5 Å². The number of aromatic amines is 1. The maximum atomic E-state index is 12.7. The first-order chi connectivity index (χ1) is 16.7. The summed E-state index contributed by atoms with van der Waals surface area (Å²) in [6.45, 7) is 0.0341. The van der Waals surface area contributed by atoms with E-state index in [-0.39, 0.29) is 66.4 Å². The summed E-state index contributed by atoms with van der Waals surface area (Å²) in [5.74, 6) is -0.830. The Hall–Kier alpha value is -3.81. The zero-order valence-corrected chi connectivity index (χ0v) is 21.8. The van der Waals surface area contributed by atoms with Crippen LogP contribution < -0.4 is 27.3 Å². The summed E-state index contributed by atoms with van der Waals surface area (Å²) in [6, 6.07) is 7.32. The van der Waals surface area contributed by atoms with Gasteiger partial charge < -0.3 is 26.9 Å². The van der Waals surface area contributed by atoms with Crippen LogP contribution in [0.5, 0.6) is 5.75 Å². The number of hydrogen-bond donors (Lipinski definition) is 6. The van der Waals surface area contributed by atoms with Crippen LogP contribution in [0.4, 0.5) is 17.6 Å². The average Bonchev–Trinajstić information content (AvgIpc) is 3.33. The molecule has 13 nitrogen and oxygen atoms in total. The van der Waals surface area contributed by atoms with Gasteiger partial charge in [0.15, 0.2) is 35.0 Å². The van der Waals surface area contributed by atoms with Gasteiger partial charge in [-0.2, -0.15) is 0 Å². The molecule has 0 unspecified atom stereocenters. The fraction of sp³-hybridized carbons (Fsp3) is 0.238. The van der Waals surface area contributed by atoms with Gasteiger partial charge in [-0.3, -0.25) is 25.2 Å². The second-order valence-corrected chi connectivity index (χ2v) is 7.71. The predicted octanol–water partition coefficient (Wildman–Crippen LogP) is 2.24. The Morgan fingerprint density at radius 2 is 1.81 bits per heavy atom. The lowest BCUT2D eigenvalue weighted by Gasteiger charge is -2.20. The van der Waals surface area contributed by atoms with Crippen LogP contribution in [0.15, 0.2) is 36.7 Å². The number of amides is 2. The average molecular weight is 574 g/mol. The molecule has 0 fully saturated rings. The number of aryl methyl sites for hydroxylation is 1. The molecule has 2 amide bonds. The van der Waals surface area contributed by atoms with Gasteiger partial charge in [-0.05, 0) is 37.0 Å². The number of rotatable bonds is 10. The molecule has 0 aliphatic heterocycles. The maximum absolute atomic E-state index is 12.7. The number of nitrogen functional groups attached to an aromatic ring is 2. The van der Waals surface area contributed by atoms with Gasteiger partial charge in [-0.15, -0.1) is 24.8 Å². The van der Waals surface area contributed by atoms with Crippen LogP contribution in [-0.2, 0) is 11.2 Å². The molecule has 2 heterocycles. The van der Waals surface area contributed by atoms with E-state index in [1.165, 1.54) is 6.20 Å². The molecule has 3 rings (SSSR count). The number of unbranched alkanes of at least 4 members (excludes halogenated alkanes) is 1. The van der Waals surface area contributed by atoms with E-state index in [0.717, 1.165) is 16.9 Å². The van der Waals surface area contributed by atoms with Crippen molar-refractivity contribution in [3.63, 3.8) is 0 Å². The number of aromatic nitrogens is 4. The highest BCUT2D eigenvalue weighted by atomic mass is 35.5. The normalized spacial score (nSPS) is 9.97. The van der Waals surface area contributed by atoms with E-state index in [1.807, 2.05) is 12.1 Å². The zero-order chi connectivity index (χ0) is 25.4. The number of imidazole rings is 1. The van der Waals surface area contributed by atoms with Crippen molar-refractivity contribution in [2.45, 2.75) is 19.3 Å². The van der Waals surface area contributed by atoms with E-state index in [4.69, 9.17) is 38.9 Å². The number of halogens is 3. The molecule has 200 valence electrons. The molecule has 0 saturated carbocycles. The number of anilines is 3. The molecule has 2 aromatic heterocycles. The van der Waals surface area contributed by atoms with E-state index >= 15 is 0 Å². The Bertz CT molecular complexity index is 1190. The number of hydrogen-bond acceptors (Lipinski definition) is 9. The van der Waals surface area contributed by atoms with Crippen LogP contribution >= 0.6 is 36.4 Å². The van der Waals surface area contributed by atoms with Crippen molar-refractivity contribution in [1.29, 1.82) is 5.41 Å². The molecule has 0 bridgehead atoms. The van der Waals surface area contributed by atoms with Gasteiger partial charge in [0.1, 0.15) is 5.75 Å². The highest BCUT2D eigenvalue weighted by Gasteiger charge is 2.23. The first kappa shape index (κ1) is 31.2. The SMILES string of the molecule is Cl.Cl.N=C(N)N(CCCCc1ccc(OCC(=O)Nc2ncc[nH]2)cc1)C(=O)c1nc(Cl)c(N)nc1N. The van der Waals surface area contributed by atoms with Gasteiger partial charge in [-0.1, -0.05) is 23.7 Å². The number of carbonyl (C=O) groups excluding carboxylic acids is 2. The maximum Gasteiger partial charge on any atom is 0.283 e. The van der Waals surface area contributed by atoms with Gasteiger partial charge in [0.25, 0.3) is 11.8 Å². The molecule has 0 spiro atoms. The summed E-state index contributed by atoms with van der Waals surface area (Å²) in [5, 5.41) is 10.2. The van der Waals surface area contributed by atoms with Gasteiger partial charge in [-0.25, -0.2) is 15.0 Å². The van der Waals surface area contributed by atoms with Crippen LogP contribution in [0.2, 0.25) is 5.15 Å². The summed E-state index contributed by atoms with van der Waals surface area (Å²) < 4.78 is 5.47. The molecule has 16 heteroatoms. The Balaban J connectivity index is 0.00000342. The Morgan fingerprint density at radius 3 is 2.43 bits per heavy atom. The fourth-order valence-corrected chi connectivity index (χ4v) is 3.19. The topological polar surface area (TPSA) is 215 Å². The van der Waals surface area contributed by atoms with Crippen molar-refractivity contribution in [3.8, 4) is 5.75 Å². The minimum Gasteiger partial charge on any atom is -0.484 e. The Labute approximate surface area is 229 Å². The van der Waals surface area contributed by atoms with Crippen LogP contribution in [0, 0.1) is 5.41 Å². The molecule has 37 heavy (non-hydrogen) atoms. The monoisotopic (exact) mass is 572 g/mol. The lowest BCUT2D eigenvalue weighted by atomic mass is 10.1. The standard InChI is InChI=1S/C21H25ClN10O3.2ClH/c22-16-18(24)31-17(23)15(30-16)19(34)32(20(25)26)10-2-1-3-12-4-6-13(7-5-12)35-11-14(33)29-21-27-8-9-28-21;;/h4-9H,1-3,10-11H2,(H3,25,26)(H4,23,24,31)(H2,27,28,29,33);2*1H. The summed E-state index contributed by atoms with van der Waals surface area (Å²) in [4.78, 5) is 40.0. The molecule has 1 aromatic carbocycles. The number of ether oxygens (including phenoxy) is 1. The van der Waals surface area contributed by atoms with Crippen molar-refractivity contribution in [2.24, 2.45) is 5.73 Å². The lowest BCUT2D eigenvalue weighted by molar-refractivity contribution is -0.118. The fourth-order valence-electron chi connectivity index (χ4n) is 3.06. The largest absolute Gasteiger partial charge is 0.484 e. The Kier molecular flexibility index (Phi) is 12.4. The summed E-state index contributed by atoms with van der Waals surface area (Å²) in [5.41, 5.74) is 17.7. The molecule has 3 aromatic rings. The minimum absolute atomic E-state index is 0. The first-order valence-corrected chi connectivity index (χ1v) is 10.9. The summed E-state index contributed by atoms with van der Waals surface area (Å²) in [6.07, 6.45) is 5.13. The molecular formula is C21H27Cl3N10O3. The third-order valence-corrected chi connectivity index (χ3v) is 5.07. The quantitative estimate of drug-likeness (QED) is 0.119. The van der Waals surface area contributed by atoms with Gasteiger partial charge in [0, 0.05) is 18.9 Å². The molecule has 0 aliphatic rings. The van der Waals surface area contributed by atoms with Crippen LogP contribution in [0.1, 0.15) is 28.9 Å². The highest BCUT2D eigenvalue weighted by molar-refractivity contribution is 6.31. The number of nitrogens with zero attached hydrogens (tertiary/aromatic N) is 4. The van der Waals surface area contributed by atoms with Crippen molar-refractivity contribution in [2.75, 3.05) is 29.9 Å². The third-order valence-electron chi connectivity index (χ3n) is 4.79. The third kappa shape index (κ3) is 8.97. The second kappa shape index (κ2) is 14.7. The van der Waals surface area contributed by atoms with Gasteiger partial charge in [0.2, 0.25) is 5.95 Å². The zero-order valence-electron chi connectivity index (χ0n) is 19.4. The number of benzene rings is 1. The van der Waals surface area contributed by atoms with Crippen molar-refractivity contribution in [1.82, 2.24) is 24.8 Å². The molecule has 0 aliphatic carbocycles. The number of carbonyl (C=O) groups is 2. The van der Waals surface area contributed by atoms with Crippen molar-refractivity contribution in [3.05, 3.63) is 53.1 Å². The van der Waals surface area contributed by atoms with Gasteiger partial charge in [0.05, 0.1) is 0 Å². The van der Waals surface area contributed by atoms with E-state index in [9.17, 15) is 9.59 Å². The summed E-state index contributed by atoms with van der Waals surface area (Å²) >= 11 is 5.84. The van der Waals surface area contributed by atoms with E-state index in [2.05, 4.69) is 25.3 Å². The number of nitrogens with one attached hydrogen (secondary N) is 3. The number of nitrogens with two attached hydrogens (primary N) is 3.